The molecule has 0 saturated heterocycles. The van der Waals surface area contributed by atoms with E-state index in [2.05, 4.69) is 9.97 Å². The third-order valence-corrected chi connectivity index (χ3v) is 5.60. The lowest BCUT2D eigenvalue weighted by molar-refractivity contribution is 0.00668. The van der Waals surface area contributed by atoms with Crippen LogP contribution in [0.3, 0.4) is 0 Å². The number of pyridine rings is 2. The Morgan fingerprint density at radius 1 is 0.814 bits per heavy atom. The smallest absolute Gasteiger partial charge is 0.416 e. The number of anilines is 1. The van der Waals surface area contributed by atoms with Crippen LogP contribution in [0.15, 0.2) is 54.9 Å². The summed E-state index contributed by atoms with van der Waals surface area (Å²) in [4.78, 5) is 46.4. The van der Waals surface area contributed by atoms with Crippen LogP contribution in [-0.4, -0.2) is 52.9 Å². The van der Waals surface area contributed by atoms with Gasteiger partial charge in [0.25, 0.3) is 0 Å². The molecule has 232 valence electrons. The van der Waals surface area contributed by atoms with Gasteiger partial charge in [-0.3, -0.25) is 9.88 Å². The highest BCUT2D eigenvalue weighted by Crippen LogP contribution is 2.22. The van der Waals surface area contributed by atoms with Crippen molar-refractivity contribution in [1.82, 2.24) is 9.97 Å². The van der Waals surface area contributed by atoms with Gasteiger partial charge in [-0.25, -0.2) is 19.4 Å². The summed E-state index contributed by atoms with van der Waals surface area (Å²) in [6.07, 6.45) is 2.60. The van der Waals surface area contributed by atoms with E-state index in [1.807, 2.05) is 65.0 Å². The Morgan fingerprint density at radius 3 is 1.95 bits per heavy atom. The Balaban J connectivity index is 0.000000362. The highest BCUT2D eigenvalue weighted by atomic mass is 16.6. The molecule has 1 amide bonds. The summed E-state index contributed by atoms with van der Waals surface area (Å²) in [7, 11) is 1.59. The van der Waals surface area contributed by atoms with Crippen molar-refractivity contribution in [3.05, 3.63) is 82.8 Å². The van der Waals surface area contributed by atoms with Crippen molar-refractivity contribution in [2.24, 2.45) is 0 Å². The predicted octanol–water partition coefficient (Wildman–Crippen LogP) is 6.86. The van der Waals surface area contributed by atoms with Crippen LogP contribution >= 0.6 is 0 Å². The number of esters is 2. The first-order chi connectivity index (χ1) is 20.0. The van der Waals surface area contributed by atoms with Crippen LogP contribution < -0.4 is 9.64 Å². The average molecular weight is 594 g/mol. The summed E-state index contributed by atoms with van der Waals surface area (Å²) in [6.45, 7) is 16.8. The Morgan fingerprint density at radius 2 is 1.42 bits per heavy atom. The summed E-state index contributed by atoms with van der Waals surface area (Å²) in [5.74, 6) is 0.246. The Labute approximate surface area is 254 Å². The standard InChI is InChI=1S/C21H26N2O5.C12H17NO2/c1-6-27-19(24)16-11-12-22-18(13-16)23(20(25)28-21(2,3)4)14-15-7-9-17(26-5)10-8-15;1-8-6-7-13-9(2)10(8)11(14)15-12(3,4)5/h7-13H,6,14H2,1-5H3;6-7H,1-5H3. The fourth-order valence-corrected chi connectivity index (χ4v) is 3.71. The number of benzene rings is 1. The summed E-state index contributed by atoms with van der Waals surface area (Å²) in [6, 6.07) is 12.2. The summed E-state index contributed by atoms with van der Waals surface area (Å²) in [5.41, 5.74) is 2.22. The molecule has 0 aliphatic carbocycles. The van der Waals surface area contributed by atoms with Gasteiger partial charge in [0.15, 0.2) is 0 Å². The third-order valence-electron chi connectivity index (χ3n) is 5.60. The molecule has 2 aromatic heterocycles. The molecule has 0 radical (unpaired) electrons. The number of amides is 1. The zero-order valence-electron chi connectivity index (χ0n) is 26.8. The molecule has 2 heterocycles. The van der Waals surface area contributed by atoms with Gasteiger partial charge >= 0.3 is 18.0 Å². The lowest BCUT2D eigenvalue weighted by atomic mass is 10.1. The maximum atomic E-state index is 12.8. The highest BCUT2D eigenvalue weighted by Gasteiger charge is 2.25. The fourth-order valence-electron chi connectivity index (χ4n) is 3.71. The number of carbonyl (C=O) groups is 3. The number of hydrogen-bond donors (Lipinski definition) is 0. The number of rotatable bonds is 7. The van der Waals surface area contributed by atoms with Gasteiger partial charge in [0.2, 0.25) is 0 Å². The molecule has 10 nitrogen and oxygen atoms in total. The molecule has 1 aromatic carbocycles. The minimum Gasteiger partial charge on any atom is -0.497 e. The van der Waals surface area contributed by atoms with Crippen molar-refractivity contribution >= 4 is 23.8 Å². The first-order valence-corrected chi connectivity index (χ1v) is 14.0. The van der Waals surface area contributed by atoms with E-state index in [1.54, 1.807) is 47.1 Å². The van der Waals surface area contributed by atoms with E-state index in [0.29, 0.717) is 22.6 Å². The molecule has 0 spiro atoms. The fraction of sp³-hybridized carbons (Fsp3) is 0.424. The van der Waals surface area contributed by atoms with Crippen LogP contribution in [0.1, 0.15) is 86.0 Å². The van der Waals surface area contributed by atoms with Crippen LogP contribution in [0.4, 0.5) is 10.6 Å². The minimum absolute atomic E-state index is 0.220. The highest BCUT2D eigenvalue weighted by molar-refractivity contribution is 5.93. The molecule has 0 N–H and O–H groups in total. The van der Waals surface area contributed by atoms with Gasteiger partial charge in [-0.05, 0) is 104 Å². The van der Waals surface area contributed by atoms with Gasteiger partial charge in [0.1, 0.15) is 22.8 Å². The van der Waals surface area contributed by atoms with E-state index in [0.717, 1.165) is 16.9 Å². The largest absolute Gasteiger partial charge is 0.497 e. The average Bonchev–Trinajstić information content (AvgIpc) is 2.90. The van der Waals surface area contributed by atoms with Gasteiger partial charge in [-0.15, -0.1) is 0 Å². The van der Waals surface area contributed by atoms with Crippen LogP contribution in [0.5, 0.6) is 5.75 Å². The second-order valence-electron chi connectivity index (χ2n) is 11.6. The monoisotopic (exact) mass is 593 g/mol. The van der Waals surface area contributed by atoms with Crippen molar-refractivity contribution in [3.63, 3.8) is 0 Å². The maximum Gasteiger partial charge on any atom is 0.416 e. The second kappa shape index (κ2) is 15.1. The molecule has 0 fully saturated rings. The van der Waals surface area contributed by atoms with Crippen molar-refractivity contribution < 1.29 is 33.3 Å². The van der Waals surface area contributed by atoms with Crippen LogP contribution in [-0.2, 0) is 20.8 Å². The molecule has 0 aliphatic rings. The molecule has 0 atom stereocenters. The van der Waals surface area contributed by atoms with Crippen molar-refractivity contribution in [2.45, 2.75) is 80.1 Å². The van der Waals surface area contributed by atoms with Crippen molar-refractivity contribution in [3.8, 4) is 5.75 Å². The van der Waals surface area contributed by atoms with E-state index >= 15 is 0 Å². The number of hydrogen-bond acceptors (Lipinski definition) is 9. The molecule has 0 unspecified atom stereocenters. The first-order valence-electron chi connectivity index (χ1n) is 14.0. The van der Waals surface area contributed by atoms with Crippen LogP contribution in [0, 0.1) is 13.8 Å². The van der Waals surface area contributed by atoms with Crippen molar-refractivity contribution in [1.29, 1.82) is 0 Å². The van der Waals surface area contributed by atoms with Gasteiger partial charge in [-0.1, -0.05) is 12.1 Å². The number of aromatic nitrogens is 2. The molecular formula is C33H43N3O7. The zero-order chi connectivity index (χ0) is 32.4. The van der Waals surface area contributed by atoms with E-state index in [9.17, 15) is 14.4 Å². The van der Waals surface area contributed by atoms with E-state index < -0.39 is 23.3 Å². The van der Waals surface area contributed by atoms with E-state index in [-0.39, 0.29) is 19.1 Å². The second-order valence-corrected chi connectivity index (χ2v) is 11.6. The minimum atomic E-state index is -0.673. The predicted molar refractivity (Wildman–Crippen MR) is 164 cm³/mol. The first kappa shape index (κ1) is 34.7. The van der Waals surface area contributed by atoms with Gasteiger partial charge in [0.05, 0.1) is 37.1 Å². The molecular weight excluding hydrogens is 550 g/mol. The topological polar surface area (TPSA) is 117 Å². The lowest BCUT2D eigenvalue weighted by Gasteiger charge is -2.27. The van der Waals surface area contributed by atoms with Crippen molar-refractivity contribution in [2.75, 3.05) is 18.6 Å². The molecule has 10 heteroatoms. The Bertz CT molecular complexity index is 1370. The molecule has 43 heavy (non-hydrogen) atoms. The summed E-state index contributed by atoms with van der Waals surface area (Å²) in [5, 5.41) is 0. The zero-order valence-corrected chi connectivity index (χ0v) is 26.8. The molecule has 3 aromatic rings. The maximum absolute atomic E-state index is 12.8. The lowest BCUT2D eigenvalue weighted by Crippen LogP contribution is -2.37. The number of methoxy groups -OCH3 is 1. The normalized spacial score (nSPS) is 11.0. The number of nitrogens with zero attached hydrogens (tertiary/aromatic N) is 3. The number of aryl methyl sites for hydroxylation is 2. The molecule has 0 aliphatic heterocycles. The summed E-state index contributed by atoms with van der Waals surface area (Å²) >= 11 is 0. The van der Waals surface area contributed by atoms with Gasteiger partial charge in [-0.2, -0.15) is 0 Å². The SMILES string of the molecule is CCOC(=O)c1ccnc(N(Cc2ccc(OC)cc2)C(=O)OC(C)(C)C)c1.Cc1ccnc(C)c1C(=O)OC(C)(C)C. The molecule has 0 saturated carbocycles. The summed E-state index contributed by atoms with van der Waals surface area (Å²) < 4.78 is 21.0. The van der Waals surface area contributed by atoms with Gasteiger partial charge in [0, 0.05) is 12.4 Å². The number of carbonyl (C=O) groups excluding carboxylic acids is 3. The van der Waals surface area contributed by atoms with E-state index in [4.69, 9.17) is 18.9 Å². The molecule has 3 rings (SSSR count). The Hall–Kier alpha value is -4.47. The number of ether oxygens (including phenoxy) is 4. The van der Waals surface area contributed by atoms with E-state index in [1.165, 1.54) is 17.2 Å². The third kappa shape index (κ3) is 11.4. The van der Waals surface area contributed by atoms with Gasteiger partial charge < -0.3 is 18.9 Å². The van der Waals surface area contributed by atoms with Crippen LogP contribution in [0.2, 0.25) is 0 Å². The molecule has 0 bridgehead atoms. The Kier molecular flexibility index (Phi) is 12.2. The van der Waals surface area contributed by atoms with Crippen LogP contribution in [0.25, 0.3) is 0 Å². The quantitative estimate of drug-likeness (QED) is 0.214.